The maximum atomic E-state index is 12.9. The third kappa shape index (κ3) is 6.25. The van der Waals surface area contributed by atoms with Gasteiger partial charge in [-0.2, -0.15) is 0 Å². The Morgan fingerprint density at radius 2 is 2.00 bits per heavy atom. The Labute approximate surface area is 164 Å². The first-order valence-electron chi connectivity index (χ1n) is 9.19. The quantitative estimate of drug-likeness (QED) is 0.800. The number of imide groups is 1. The summed E-state index contributed by atoms with van der Waals surface area (Å²) in [6.07, 6.45) is 0.137. The Balaban J connectivity index is 2.02. The van der Waals surface area contributed by atoms with Crippen molar-refractivity contribution < 1.29 is 19.1 Å². The summed E-state index contributed by atoms with van der Waals surface area (Å²) < 4.78 is 4.70. The molecule has 148 valence electrons. The topological polar surface area (TPSA) is 79.0 Å². The van der Waals surface area contributed by atoms with Gasteiger partial charge in [0.1, 0.15) is 0 Å². The van der Waals surface area contributed by atoms with E-state index in [0.29, 0.717) is 18.3 Å². The maximum Gasteiger partial charge on any atom is 0.413 e. The highest BCUT2D eigenvalue weighted by atomic mass is 32.2. The van der Waals surface area contributed by atoms with E-state index in [1.807, 2.05) is 31.2 Å². The molecule has 0 saturated carbocycles. The number of amides is 3. The lowest BCUT2D eigenvalue weighted by Gasteiger charge is -2.26. The fourth-order valence-corrected chi connectivity index (χ4v) is 3.94. The van der Waals surface area contributed by atoms with Gasteiger partial charge in [0.2, 0.25) is 11.8 Å². The summed E-state index contributed by atoms with van der Waals surface area (Å²) in [6.45, 7) is 7.13. The molecule has 1 atom stereocenters. The van der Waals surface area contributed by atoms with Gasteiger partial charge in [0.05, 0.1) is 25.4 Å². The second kappa shape index (κ2) is 10.3. The van der Waals surface area contributed by atoms with Crippen LogP contribution < -0.4 is 10.2 Å². The first-order chi connectivity index (χ1) is 12.9. The number of para-hydroxylation sites is 1. The molecule has 1 N–H and O–H groups in total. The molecule has 0 aromatic heterocycles. The van der Waals surface area contributed by atoms with Gasteiger partial charge < -0.3 is 9.64 Å². The van der Waals surface area contributed by atoms with Crippen molar-refractivity contribution in [3.8, 4) is 0 Å². The SMILES string of the molecule is CCOC(=O)NC(=O)CN(CC)CC(=O)N1CC[C@H](C)Sc2ccccc21. The van der Waals surface area contributed by atoms with Crippen molar-refractivity contribution in [2.45, 2.75) is 37.3 Å². The van der Waals surface area contributed by atoms with E-state index in [4.69, 9.17) is 4.74 Å². The number of hydrogen-bond acceptors (Lipinski definition) is 6. The number of nitrogens with zero attached hydrogens (tertiary/aromatic N) is 2. The first kappa shape index (κ1) is 21.2. The Bertz CT molecular complexity index is 683. The molecular weight excluding hydrogens is 366 g/mol. The largest absolute Gasteiger partial charge is 0.450 e. The number of carbonyl (C=O) groups excluding carboxylic acids is 3. The van der Waals surface area contributed by atoms with Crippen LogP contribution in [0, 0.1) is 0 Å². The van der Waals surface area contributed by atoms with Crippen LogP contribution in [0.4, 0.5) is 10.5 Å². The number of anilines is 1. The molecule has 0 fully saturated rings. The van der Waals surface area contributed by atoms with Crippen LogP contribution in [0.15, 0.2) is 29.2 Å². The van der Waals surface area contributed by atoms with E-state index in [2.05, 4.69) is 12.2 Å². The van der Waals surface area contributed by atoms with Crippen molar-refractivity contribution in [3.63, 3.8) is 0 Å². The average molecular weight is 394 g/mol. The molecule has 1 heterocycles. The molecule has 0 unspecified atom stereocenters. The highest BCUT2D eigenvalue weighted by Gasteiger charge is 2.25. The van der Waals surface area contributed by atoms with Gasteiger partial charge in [0.25, 0.3) is 0 Å². The fraction of sp³-hybridized carbons (Fsp3) is 0.526. The van der Waals surface area contributed by atoms with Crippen LogP contribution >= 0.6 is 11.8 Å². The average Bonchev–Trinajstić information content (AvgIpc) is 2.79. The van der Waals surface area contributed by atoms with Crippen LogP contribution in [-0.4, -0.2) is 60.8 Å². The minimum absolute atomic E-state index is 0.0400. The van der Waals surface area contributed by atoms with Crippen molar-refractivity contribution in [3.05, 3.63) is 24.3 Å². The molecular formula is C19H27N3O4S. The van der Waals surface area contributed by atoms with Crippen LogP contribution in [0.3, 0.4) is 0 Å². The Kier molecular flexibility index (Phi) is 8.12. The summed E-state index contributed by atoms with van der Waals surface area (Å²) in [7, 11) is 0. The zero-order valence-corrected chi connectivity index (χ0v) is 16.9. The van der Waals surface area contributed by atoms with Gasteiger partial charge in [-0.25, -0.2) is 4.79 Å². The van der Waals surface area contributed by atoms with E-state index >= 15 is 0 Å². The molecule has 27 heavy (non-hydrogen) atoms. The first-order valence-corrected chi connectivity index (χ1v) is 10.1. The number of nitrogens with one attached hydrogen (secondary N) is 1. The number of hydrogen-bond donors (Lipinski definition) is 1. The van der Waals surface area contributed by atoms with E-state index in [1.54, 1.807) is 28.5 Å². The van der Waals surface area contributed by atoms with Crippen LogP contribution in [-0.2, 0) is 14.3 Å². The number of carbonyl (C=O) groups is 3. The summed E-state index contributed by atoms with van der Waals surface area (Å²) in [6, 6.07) is 7.90. The van der Waals surface area contributed by atoms with E-state index in [1.165, 1.54) is 0 Å². The number of fused-ring (bicyclic) bond motifs is 1. The van der Waals surface area contributed by atoms with Crippen molar-refractivity contribution in [2.75, 3.05) is 37.7 Å². The number of rotatable bonds is 6. The summed E-state index contributed by atoms with van der Waals surface area (Å²) in [4.78, 5) is 40.9. The summed E-state index contributed by atoms with van der Waals surface area (Å²) in [5.41, 5.74) is 0.920. The van der Waals surface area contributed by atoms with E-state index in [9.17, 15) is 14.4 Å². The number of ether oxygens (including phenoxy) is 1. The zero-order chi connectivity index (χ0) is 19.8. The van der Waals surface area contributed by atoms with Crippen molar-refractivity contribution in [1.29, 1.82) is 0 Å². The summed E-state index contributed by atoms with van der Waals surface area (Å²) in [5.74, 6) is -0.536. The molecule has 3 amide bonds. The molecule has 0 radical (unpaired) electrons. The minimum atomic E-state index is -0.766. The van der Waals surface area contributed by atoms with Crippen LogP contribution in [0.2, 0.25) is 0 Å². The molecule has 0 spiro atoms. The van der Waals surface area contributed by atoms with Gasteiger partial charge in [-0.1, -0.05) is 26.0 Å². The summed E-state index contributed by atoms with van der Waals surface area (Å²) in [5, 5.41) is 2.59. The second-order valence-electron chi connectivity index (χ2n) is 6.30. The monoisotopic (exact) mass is 393 g/mol. The molecule has 7 nitrogen and oxygen atoms in total. The second-order valence-corrected chi connectivity index (χ2v) is 7.78. The number of alkyl carbamates (subject to hydrolysis) is 1. The lowest BCUT2D eigenvalue weighted by molar-refractivity contribution is -0.123. The van der Waals surface area contributed by atoms with Crippen molar-refractivity contribution >= 4 is 35.4 Å². The highest BCUT2D eigenvalue weighted by molar-refractivity contribution is 8.00. The normalized spacial score (nSPS) is 16.4. The van der Waals surface area contributed by atoms with E-state index < -0.39 is 12.0 Å². The molecule has 0 saturated heterocycles. The smallest absolute Gasteiger partial charge is 0.413 e. The standard InChI is InChI=1S/C19H27N3O4S/c1-4-21(12-17(23)20-19(25)26-5-2)13-18(24)22-11-10-14(3)27-16-9-7-6-8-15(16)22/h6-9,14H,4-5,10-13H2,1-3H3,(H,20,23,25)/t14-/m0/s1. The van der Waals surface area contributed by atoms with Gasteiger partial charge >= 0.3 is 6.09 Å². The lowest BCUT2D eigenvalue weighted by Crippen LogP contribution is -2.45. The maximum absolute atomic E-state index is 12.9. The molecule has 1 aromatic rings. The van der Waals surface area contributed by atoms with Crippen LogP contribution in [0.5, 0.6) is 0 Å². The van der Waals surface area contributed by atoms with E-state index in [-0.39, 0.29) is 25.6 Å². The Morgan fingerprint density at radius 3 is 2.70 bits per heavy atom. The predicted octanol–water partition coefficient (Wildman–Crippen LogP) is 2.50. The molecule has 1 aromatic carbocycles. The molecule has 8 heteroatoms. The highest BCUT2D eigenvalue weighted by Crippen LogP contribution is 2.37. The Hall–Kier alpha value is -2.06. The molecule has 2 rings (SSSR count). The zero-order valence-electron chi connectivity index (χ0n) is 16.1. The number of thioether (sulfide) groups is 1. The minimum Gasteiger partial charge on any atom is -0.450 e. The molecule has 0 aliphatic carbocycles. The third-order valence-corrected chi connectivity index (χ3v) is 5.47. The van der Waals surface area contributed by atoms with Crippen molar-refractivity contribution in [1.82, 2.24) is 10.2 Å². The Morgan fingerprint density at radius 1 is 1.26 bits per heavy atom. The van der Waals surface area contributed by atoms with Gasteiger partial charge in [-0.15, -0.1) is 11.8 Å². The van der Waals surface area contributed by atoms with Gasteiger partial charge in [-0.05, 0) is 32.0 Å². The van der Waals surface area contributed by atoms with Crippen LogP contribution in [0.25, 0.3) is 0 Å². The summed E-state index contributed by atoms with van der Waals surface area (Å²) >= 11 is 1.78. The van der Waals surface area contributed by atoms with Crippen LogP contribution in [0.1, 0.15) is 27.2 Å². The van der Waals surface area contributed by atoms with Gasteiger partial charge in [0.15, 0.2) is 0 Å². The van der Waals surface area contributed by atoms with Gasteiger partial charge in [0, 0.05) is 16.7 Å². The molecule has 1 aliphatic rings. The lowest BCUT2D eigenvalue weighted by atomic mass is 10.2. The molecule has 0 bridgehead atoms. The van der Waals surface area contributed by atoms with Gasteiger partial charge in [-0.3, -0.25) is 19.8 Å². The van der Waals surface area contributed by atoms with Crippen molar-refractivity contribution in [2.24, 2.45) is 0 Å². The predicted molar refractivity (Wildman–Crippen MR) is 106 cm³/mol. The third-order valence-electron chi connectivity index (χ3n) is 4.23. The number of likely N-dealkylation sites (N-methyl/N-ethyl adjacent to an activating group) is 1. The number of benzene rings is 1. The van der Waals surface area contributed by atoms with E-state index in [0.717, 1.165) is 17.0 Å². The molecule has 1 aliphatic heterocycles. The fourth-order valence-electron chi connectivity index (χ4n) is 2.83.